The van der Waals surface area contributed by atoms with Crippen LogP contribution in [-0.4, -0.2) is 72.8 Å². The molecule has 7 nitrogen and oxygen atoms in total. The monoisotopic (exact) mass is 463 g/mol. The fourth-order valence-electron chi connectivity index (χ4n) is 5.32. The minimum atomic E-state index is -0.637. The van der Waals surface area contributed by atoms with Crippen molar-refractivity contribution in [1.29, 1.82) is 0 Å². The van der Waals surface area contributed by atoms with E-state index in [-0.39, 0.29) is 29.2 Å². The van der Waals surface area contributed by atoms with Crippen molar-refractivity contribution < 1.29 is 28.9 Å². The predicted molar refractivity (Wildman–Crippen MR) is 125 cm³/mol. The van der Waals surface area contributed by atoms with Crippen LogP contribution >= 0.6 is 0 Å². The van der Waals surface area contributed by atoms with Crippen molar-refractivity contribution in [1.82, 2.24) is 5.06 Å². The van der Waals surface area contributed by atoms with E-state index in [1.165, 1.54) is 5.56 Å². The van der Waals surface area contributed by atoms with E-state index in [2.05, 4.69) is 51.8 Å². The van der Waals surface area contributed by atoms with Gasteiger partial charge in [-0.2, -0.15) is 5.06 Å². The number of hydrogen-bond donors (Lipinski definition) is 1. The smallest absolute Gasteiger partial charge is 0.171 e. The van der Waals surface area contributed by atoms with E-state index in [4.69, 9.17) is 23.8 Å². The van der Waals surface area contributed by atoms with Crippen LogP contribution in [0.1, 0.15) is 59.4 Å². The SMILES string of the molecule is CCC1(CO)COC2(CC(C)(C)N(OCCc3ccc(OCC4CO4)cc3)C(C)(C)C2)OC1. The molecule has 1 spiro atoms. The largest absolute Gasteiger partial charge is 0.491 e. The molecule has 3 aliphatic rings. The number of ether oxygens (including phenoxy) is 4. The molecule has 0 aromatic heterocycles. The molecule has 0 amide bonds. The van der Waals surface area contributed by atoms with Crippen LogP contribution in [0.25, 0.3) is 0 Å². The second-order valence-corrected chi connectivity index (χ2v) is 11.3. The molecule has 3 aliphatic heterocycles. The normalized spacial score (nSPS) is 27.4. The number of epoxide rings is 1. The van der Waals surface area contributed by atoms with Crippen LogP contribution < -0.4 is 4.74 Å². The molecule has 3 fully saturated rings. The Hall–Kier alpha value is -1.22. The Balaban J connectivity index is 1.32. The number of piperidine rings is 1. The second kappa shape index (κ2) is 9.44. The summed E-state index contributed by atoms with van der Waals surface area (Å²) >= 11 is 0. The topological polar surface area (TPSA) is 72.9 Å². The van der Waals surface area contributed by atoms with Crippen molar-refractivity contribution in [3.05, 3.63) is 29.8 Å². The molecule has 186 valence electrons. The first-order valence-corrected chi connectivity index (χ1v) is 12.3. The summed E-state index contributed by atoms with van der Waals surface area (Å²) < 4.78 is 23.6. The van der Waals surface area contributed by atoms with Crippen molar-refractivity contribution in [2.75, 3.05) is 39.6 Å². The molecule has 33 heavy (non-hydrogen) atoms. The zero-order valence-corrected chi connectivity index (χ0v) is 20.9. The zero-order valence-electron chi connectivity index (χ0n) is 20.9. The quantitative estimate of drug-likeness (QED) is 0.560. The second-order valence-electron chi connectivity index (χ2n) is 11.3. The Kier molecular flexibility index (Phi) is 7.12. The van der Waals surface area contributed by atoms with Crippen molar-refractivity contribution in [3.63, 3.8) is 0 Å². The van der Waals surface area contributed by atoms with E-state index in [1.54, 1.807) is 0 Å². The van der Waals surface area contributed by atoms with Gasteiger partial charge in [-0.1, -0.05) is 19.1 Å². The molecule has 1 aromatic carbocycles. The average molecular weight is 464 g/mol. The summed E-state index contributed by atoms with van der Waals surface area (Å²) in [6.07, 6.45) is 3.35. The number of aliphatic hydroxyl groups is 1. The van der Waals surface area contributed by atoms with E-state index in [1.807, 2.05) is 12.1 Å². The summed E-state index contributed by atoms with van der Waals surface area (Å²) in [7, 11) is 0. The molecule has 0 saturated carbocycles. The van der Waals surface area contributed by atoms with Crippen LogP contribution in [0.3, 0.4) is 0 Å². The predicted octanol–water partition coefficient (Wildman–Crippen LogP) is 3.72. The molecule has 0 radical (unpaired) electrons. The summed E-state index contributed by atoms with van der Waals surface area (Å²) in [4.78, 5) is 6.39. The maximum absolute atomic E-state index is 9.83. The van der Waals surface area contributed by atoms with Crippen molar-refractivity contribution in [2.24, 2.45) is 5.41 Å². The van der Waals surface area contributed by atoms with Crippen LogP contribution in [0.4, 0.5) is 0 Å². The molecule has 1 N–H and O–H groups in total. The molecule has 3 heterocycles. The van der Waals surface area contributed by atoms with Gasteiger partial charge in [0.2, 0.25) is 0 Å². The lowest BCUT2D eigenvalue weighted by Gasteiger charge is -2.59. The Morgan fingerprint density at radius 2 is 1.64 bits per heavy atom. The molecule has 4 rings (SSSR count). The standard InChI is InChI=1S/C26H41NO6/c1-6-25(17-28)18-31-26(32-19-25)15-23(2,3)27(24(4,5)16-26)33-12-11-20-7-9-21(10-8-20)29-13-22-14-30-22/h7-10,22,28H,6,11-19H2,1-5H3. The number of benzene rings is 1. The molecule has 1 atom stereocenters. The lowest BCUT2D eigenvalue weighted by atomic mass is 9.76. The Morgan fingerprint density at radius 1 is 1.03 bits per heavy atom. The number of hydrogen-bond acceptors (Lipinski definition) is 7. The van der Waals surface area contributed by atoms with E-state index >= 15 is 0 Å². The summed E-state index contributed by atoms with van der Waals surface area (Å²) in [6.45, 7) is 14.0. The highest BCUT2D eigenvalue weighted by Gasteiger charge is 2.57. The van der Waals surface area contributed by atoms with Crippen molar-refractivity contribution in [2.45, 2.75) is 83.3 Å². The third-order valence-corrected chi connectivity index (χ3v) is 7.24. The fourth-order valence-corrected chi connectivity index (χ4v) is 5.32. The highest BCUT2D eigenvalue weighted by Crippen LogP contribution is 2.49. The maximum Gasteiger partial charge on any atom is 0.171 e. The average Bonchev–Trinajstić information content (AvgIpc) is 3.60. The summed E-state index contributed by atoms with van der Waals surface area (Å²) in [5, 5.41) is 12.0. The zero-order chi connectivity index (χ0) is 23.7. The van der Waals surface area contributed by atoms with Gasteiger partial charge in [0.05, 0.1) is 33.0 Å². The van der Waals surface area contributed by atoms with E-state index in [0.717, 1.165) is 25.2 Å². The minimum Gasteiger partial charge on any atom is -0.491 e. The van der Waals surface area contributed by atoms with Crippen LogP contribution in [0.2, 0.25) is 0 Å². The third kappa shape index (κ3) is 5.72. The third-order valence-electron chi connectivity index (χ3n) is 7.24. The van der Waals surface area contributed by atoms with Gasteiger partial charge in [0.25, 0.3) is 0 Å². The summed E-state index contributed by atoms with van der Waals surface area (Å²) in [5.74, 6) is 0.238. The van der Waals surface area contributed by atoms with Gasteiger partial charge in [0.15, 0.2) is 5.79 Å². The molecule has 1 aromatic rings. The first-order valence-electron chi connectivity index (χ1n) is 12.3. The number of hydroxylamine groups is 2. The first-order chi connectivity index (χ1) is 15.6. The van der Waals surface area contributed by atoms with Gasteiger partial charge in [-0.25, -0.2) is 0 Å². The maximum atomic E-state index is 9.83. The number of rotatable bonds is 9. The molecular formula is C26H41NO6. The van der Waals surface area contributed by atoms with E-state index < -0.39 is 5.79 Å². The van der Waals surface area contributed by atoms with Gasteiger partial charge in [0.1, 0.15) is 18.5 Å². The van der Waals surface area contributed by atoms with Gasteiger partial charge in [-0.05, 0) is 58.2 Å². The number of nitrogens with zero attached hydrogens (tertiary/aromatic N) is 1. The Bertz CT molecular complexity index is 754. The van der Waals surface area contributed by atoms with Gasteiger partial charge < -0.3 is 24.1 Å². The van der Waals surface area contributed by atoms with Crippen LogP contribution in [0.15, 0.2) is 24.3 Å². The van der Waals surface area contributed by atoms with E-state index in [9.17, 15) is 5.11 Å². The lowest BCUT2D eigenvalue weighted by molar-refractivity contribution is -0.383. The highest BCUT2D eigenvalue weighted by atomic mass is 16.7. The number of aliphatic hydroxyl groups excluding tert-OH is 1. The van der Waals surface area contributed by atoms with Crippen LogP contribution in [0, 0.1) is 5.41 Å². The first kappa shape index (κ1) is 24.9. The lowest BCUT2D eigenvalue weighted by Crippen LogP contribution is -2.68. The van der Waals surface area contributed by atoms with Crippen molar-refractivity contribution in [3.8, 4) is 5.75 Å². The highest BCUT2D eigenvalue weighted by molar-refractivity contribution is 5.27. The molecule has 3 saturated heterocycles. The molecule has 0 bridgehead atoms. The molecular weight excluding hydrogens is 422 g/mol. The molecule has 0 aliphatic carbocycles. The molecule has 1 unspecified atom stereocenters. The van der Waals surface area contributed by atoms with Gasteiger partial charge in [-0.3, -0.25) is 4.84 Å². The summed E-state index contributed by atoms with van der Waals surface area (Å²) in [6, 6.07) is 8.21. The Labute approximate surface area is 198 Å². The summed E-state index contributed by atoms with van der Waals surface area (Å²) in [5.41, 5.74) is 0.387. The Morgan fingerprint density at radius 3 is 2.15 bits per heavy atom. The van der Waals surface area contributed by atoms with Crippen LogP contribution in [0.5, 0.6) is 5.75 Å². The van der Waals surface area contributed by atoms with Gasteiger partial charge in [0, 0.05) is 29.3 Å². The van der Waals surface area contributed by atoms with Gasteiger partial charge in [-0.15, -0.1) is 0 Å². The van der Waals surface area contributed by atoms with E-state index in [0.29, 0.717) is 39.3 Å². The molecule has 7 heteroatoms. The van der Waals surface area contributed by atoms with Crippen molar-refractivity contribution >= 4 is 0 Å². The van der Waals surface area contributed by atoms with Crippen LogP contribution in [-0.2, 0) is 25.5 Å². The van der Waals surface area contributed by atoms with Gasteiger partial charge >= 0.3 is 0 Å². The minimum absolute atomic E-state index is 0.0869. The fraction of sp³-hybridized carbons (Fsp3) is 0.769.